The fourth-order valence-electron chi connectivity index (χ4n) is 2.84. The Bertz CT molecular complexity index is 605. The lowest BCUT2D eigenvalue weighted by molar-refractivity contribution is 0.109. The zero-order valence-electron chi connectivity index (χ0n) is 10.9. The highest BCUT2D eigenvalue weighted by atomic mass is 79.9. The summed E-state index contributed by atoms with van der Waals surface area (Å²) in [5, 5.41) is 0. The first-order valence-electron chi connectivity index (χ1n) is 6.22. The summed E-state index contributed by atoms with van der Waals surface area (Å²) in [4.78, 5) is 0. The molecular formula is C16H14Br2O. The predicted molar refractivity (Wildman–Crippen MR) is 85.2 cm³/mol. The monoisotopic (exact) mass is 380 g/mol. The molecule has 0 amide bonds. The number of benzene rings is 2. The van der Waals surface area contributed by atoms with E-state index in [0.29, 0.717) is 13.2 Å². The lowest BCUT2D eigenvalue weighted by Gasteiger charge is -2.15. The van der Waals surface area contributed by atoms with Gasteiger partial charge in [-0.05, 0) is 71.5 Å². The van der Waals surface area contributed by atoms with Crippen molar-refractivity contribution in [2.45, 2.75) is 27.1 Å². The van der Waals surface area contributed by atoms with Crippen molar-refractivity contribution in [3.8, 4) is 11.1 Å². The Morgan fingerprint density at radius 2 is 1.21 bits per heavy atom. The summed E-state index contributed by atoms with van der Waals surface area (Å²) >= 11 is 7.15. The summed E-state index contributed by atoms with van der Waals surface area (Å²) in [5.74, 6) is 0. The summed E-state index contributed by atoms with van der Waals surface area (Å²) < 4.78 is 8.06. The number of rotatable bonds is 0. The molecule has 2 aromatic carbocycles. The van der Waals surface area contributed by atoms with Crippen molar-refractivity contribution in [3.05, 3.63) is 55.5 Å². The standard InChI is InChI=1S/C16H14Br2O/c1-9-3-13(17)5-11-7-19-8-12-6-14(18)4-10(2)16(12)15(9)11/h3-6H,7-8H2,1-2H3. The van der Waals surface area contributed by atoms with Crippen LogP contribution in [0.2, 0.25) is 0 Å². The van der Waals surface area contributed by atoms with Crippen LogP contribution in [-0.2, 0) is 18.0 Å². The maximum atomic E-state index is 5.83. The van der Waals surface area contributed by atoms with Gasteiger partial charge < -0.3 is 4.74 Å². The number of hydrogen-bond donors (Lipinski definition) is 0. The van der Waals surface area contributed by atoms with Gasteiger partial charge in [0.25, 0.3) is 0 Å². The molecule has 0 aliphatic carbocycles. The van der Waals surface area contributed by atoms with Crippen LogP contribution in [0, 0.1) is 13.8 Å². The first-order chi connectivity index (χ1) is 9.06. The maximum absolute atomic E-state index is 5.83. The largest absolute Gasteiger partial charge is 0.372 e. The molecule has 1 aliphatic rings. The molecule has 1 aliphatic heterocycles. The average molecular weight is 382 g/mol. The zero-order valence-corrected chi connectivity index (χ0v) is 14.1. The van der Waals surface area contributed by atoms with Gasteiger partial charge in [0, 0.05) is 8.95 Å². The van der Waals surface area contributed by atoms with E-state index in [4.69, 9.17) is 4.74 Å². The van der Waals surface area contributed by atoms with Gasteiger partial charge in [0.15, 0.2) is 0 Å². The van der Waals surface area contributed by atoms with E-state index in [2.05, 4.69) is 70.0 Å². The lowest BCUT2D eigenvalue weighted by atomic mass is 9.90. The predicted octanol–water partition coefficient (Wildman–Crippen LogP) is 5.53. The smallest absolute Gasteiger partial charge is 0.0727 e. The van der Waals surface area contributed by atoms with E-state index in [0.717, 1.165) is 8.95 Å². The molecule has 0 bridgehead atoms. The van der Waals surface area contributed by atoms with Crippen molar-refractivity contribution in [1.82, 2.24) is 0 Å². The molecule has 19 heavy (non-hydrogen) atoms. The van der Waals surface area contributed by atoms with Gasteiger partial charge in [0.1, 0.15) is 0 Å². The van der Waals surface area contributed by atoms with Gasteiger partial charge in [-0.1, -0.05) is 31.9 Å². The van der Waals surface area contributed by atoms with Crippen LogP contribution in [0.4, 0.5) is 0 Å². The van der Waals surface area contributed by atoms with Crippen molar-refractivity contribution < 1.29 is 4.74 Å². The van der Waals surface area contributed by atoms with Gasteiger partial charge in [-0.25, -0.2) is 0 Å². The number of hydrogen-bond acceptors (Lipinski definition) is 1. The molecule has 0 N–H and O–H groups in total. The summed E-state index contributed by atoms with van der Waals surface area (Å²) in [5.41, 5.74) is 7.77. The van der Waals surface area contributed by atoms with E-state index in [9.17, 15) is 0 Å². The van der Waals surface area contributed by atoms with Crippen LogP contribution >= 0.6 is 31.9 Å². The van der Waals surface area contributed by atoms with Crippen LogP contribution in [0.5, 0.6) is 0 Å². The second kappa shape index (κ2) is 5.04. The van der Waals surface area contributed by atoms with Gasteiger partial charge >= 0.3 is 0 Å². The van der Waals surface area contributed by atoms with Gasteiger partial charge in [-0.3, -0.25) is 0 Å². The number of halogens is 2. The second-order valence-corrected chi connectivity index (χ2v) is 6.84. The Morgan fingerprint density at radius 1 is 0.789 bits per heavy atom. The van der Waals surface area contributed by atoms with Crippen LogP contribution < -0.4 is 0 Å². The lowest BCUT2D eigenvalue weighted by Crippen LogP contribution is -1.95. The minimum absolute atomic E-state index is 0.668. The van der Waals surface area contributed by atoms with Crippen LogP contribution in [0.15, 0.2) is 33.2 Å². The van der Waals surface area contributed by atoms with E-state index >= 15 is 0 Å². The van der Waals surface area contributed by atoms with Crippen molar-refractivity contribution in [3.63, 3.8) is 0 Å². The number of aryl methyl sites for hydroxylation is 2. The quantitative estimate of drug-likeness (QED) is 0.583. The van der Waals surface area contributed by atoms with Crippen molar-refractivity contribution in [1.29, 1.82) is 0 Å². The zero-order chi connectivity index (χ0) is 13.6. The summed E-state index contributed by atoms with van der Waals surface area (Å²) in [7, 11) is 0. The van der Waals surface area contributed by atoms with Gasteiger partial charge in [0.05, 0.1) is 13.2 Å². The van der Waals surface area contributed by atoms with Gasteiger partial charge in [0.2, 0.25) is 0 Å². The Hall–Kier alpha value is -0.640. The summed E-state index contributed by atoms with van der Waals surface area (Å²) in [6.45, 7) is 5.67. The number of fused-ring (bicyclic) bond motifs is 3. The van der Waals surface area contributed by atoms with Gasteiger partial charge in [-0.15, -0.1) is 0 Å². The minimum atomic E-state index is 0.668. The third kappa shape index (κ3) is 2.39. The third-order valence-electron chi connectivity index (χ3n) is 3.53. The molecule has 0 fully saturated rings. The van der Waals surface area contributed by atoms with Crippen molar-refractivity contribution in [2.75, 3.05) is 0 Å². The molecule has 0 saturated heterocycles. The van der Waals surface area contributed by atoms with Crippen LogP contribution in [0.3, 0.4) is 0 Å². The Balaban J connectivity index is 2.36. The van der Waals surface area contributed by atoms with Crippen LogP contribution in [0.25, 0.3) is 11.1 Å². The van der Waals surface area contributed by atoms with Crippen LogP contribution in [-0.4, -0.2) is 0 Å². The molecule has 1 nitrogen and oxygen atoms in total. The molecule has 3 rings (SSSR count). The highest BCUT2D eigenvalue weighted by Gasteiger charge is 2.19. The second-order valence-electron chi connectivity index (χ2n) is 5.01. The molecular weight excluding hydrogens is 368 g/mol. The molecule has 0 radical (unpaired) electrons. The maximum Gasteiger partial charge on any atom is 0.0727 e. The fraction of sp³-hybridized carbons (Fsp3) is 0.250. The fourth-order valence-corrected chi connectivity index (χ4v) is 4.08. The normalized spacial score (nSPS) is 13.7. The first-order valence-corrected chi connectivity index (χ1v) is 7.81. The average Bonchev–Trinajstić information content (AvgIpc) is 2.47. The molecule has 1 heterocycles. The third-order valence-corrected chi connectivity index (χ3v) is 4.44. The molecule has 2 aromatic rings. The van der Waals surface area contributed by atoms with Crippen molar-refractivity contribution in [2.24, 2.45) is 0 Å². The van der Waals surface area contributed by atoms with E-state index < -0.39 is 0 Å². The Labute approximate surface area is 130 Å². The SMILES string of the molecule is Cc1cc(Br)cc2c1-c1c(C)cc(Br)cc1COC2. The highest BCUT2D eigenvalue weighted by Crippen LogP contribution is 2.39. The Kier molecular flexibility index (Phi) is 3.54. The van der Waals surface area contributed by atoms with E-state index in [-0.39, 0.29) is 0 Å². The molecule has 0 atom stereocenters. The molecule has 0 saturated carbocycles. The first kappa shape index (κ1) is 13.3. The molecule has 0 spiro atoms. The minimum Gasteiger partial charge on any atom is -0.372 e. The van der Waals surface area contributed by atoms with E-state index in [1.807, 2.05) is 0 Å². The van der Waals surface area contributed by atoms with E-state index in [1.165, 1.54) is 33.4 Å². The molecule has 3 heteroatoms. The molecule has 0 aromatic heterocycles. The molecule has 98 valence electrons. The van der Waals surface area contributed by atoms with Crippen LogP contribution in [0.1, 0.15) is 22.3 Å². The van der Waals surface area contributed by atoms with Crippen molar-refractivity contribution >= 4 is 31.9 Å². The van der Waals surface area contributed by atoms with Gasteiger partial charge in [-0.2, -0.15) is 0 Å². The van der Waals surface area contributed by atoms with E-state index in [1.54, 1.807) is 0 Å². The highest BCUT2D eigenvalue weighted by molar-refractivity contribution is 9.10. The Morgan fingerprint density at radius 3 is 1.63 bits per heavy atom. The number of ether oxygens (including phenoxy) is 1. The summed E-state index contributed by atoms with van der Waals surface area (Å²) in [6, 6.07) is 8.68. The topological polar surface area (TPSA) is 9.23 Å². The summed E-state index contributed by atoms with van der Waals surface area (Å²) in [6.07, 6.45) is 0. The molecule has 0 unspecified atom stereocenters.